The molecule has 204 valence electrons. The molecule has 1 aromatic rings. The molecule has 7 nitrogen and oxygen atoms in total. The van der Waals surface area contributed by atoms with Gasteiger partial charge in [0.2, 0.25) is 0 Å². The van der Waals surface area contributed by atoms with Gasteiger partial charge in [-0.2, -0.15) is 8.42 Å². The summed E-state index contributed by atoms with van der Waals surface area (Å²) in [7, 11) is -4.14. The van der Waals surface area contributed by atoms with Crippen molar-refractivity contribution in [2.45, 2.75) is 89.7 Å². The van der Waals surface area contributed by atoms with Gasteiger partial charge in [-0.15, -0.1) is 6.58 Å². The van der Waals surface area contributed by atoms with Crippen LogP contribution in [-0.2, 0) is 28.6 Å². The minimum atomic E-state index is -4.14. The molecular weight excluding hydrogens is 492 g/mol. The number of carbonyl (C=O) groups is 2. The first kappa shape index (κ1) is 28.0. The third-order valence-electron chi connectivity index (χ3n) is 9.85. The van der Waals surface area contributed by atoms with Gasteiger partial charge in [-0.1, -0.05) is 44.5 Å². The fourth-order valence-electron chi connectivity index (χ4n) is 7.30. The number of carbonyl (C=O) groups excluding carboxylic acids is 2. The Morgan fingerprint density at radius 2 is 1.86 bits per heavy atom. The minimum absolute atomic E-state index is 0.0374. The van der Waals surface area contributed by atoms with Crippen LogP contribution in [0, 0.1) is 35.0 Å². The Labute approximate surface area is 220 Å². The van der Waals surface area contributed by atoms with Gasteiger partial charge in [0.1, 0.15) is 11.9 Å². The molecule has 1 N–H and O–H groups in total. The SMILES string of the molecule is C=C[C@]1(C)C[C@@H](OC(=O)COS(=O)(=O)c2ccc(C)cc2)[C@]2(C)C(C)CC[C@]3(CCCC(=O)[C@H]32)C[C@@H]1O. The topological polar surface area (TPSA) is 107 Å². The normalized spacial score (nSPS) is 38.1. The molecule has 3 aliphatic carbocycles. The van der Waals surface area contributed by atoms with Crippen molar-refractivity contribution in [2.75, 3.05) is 6.61 Å². The van der Waals surface area contributed by atoms with E-state index in [0.717, 1.165) is 31.2 Å². The maximum Gasteiger partial charge on any atom is 0.333 e. The molecule has 8 heteroatoms. The zero-order valence-corrected chi connectivity index (χ0v) is 23.2. The van der Waals surface area contributed by atoms with E-state index in [1.165, 1.54) is 12.1 Å². The van der Waals surface area contributed by atoms with E-state index < -0.39 is 45.7 Å². The van der Waals surface area contributed by atoms with Crippen LogP contribution in [0.2, 0.25) is 0 Å². The average molecular weight is 533 g/mol. The molecule has 0 amide bonds. The van der Waals surface area contributed by atoms with E-state index in [2.05, 4.69) is 13.5 Å². The van der Waals surface area contributed by atoms with Crippen molar-refractivity contribution in [3.05, 3.63) is 42.5 Å². The highest BCUT2D eigenvalue weighted by molar-refractivity contribution is 7.86. The molecule has 0 spiro atoms. The predicted molar refractivity (Wildman–Crippen MR) is 139 cm³/mol. The van der Waals surface area contributed by atoms with E-state index in [1.54, 1.807) is 18.2 Å². The summed E-state index contributed by atoms with van der Waals surface area (Å²) >= 11 is 0. The molecule has 3 saturated carbocycles. The zero-order valence-electron chi connectivity index (χ0n) is 22.4. The minimum Gasteiger partial charge on any atom is -0.460 e. The van der Waals surface area contributed by atoms with E-state index in [1.807, 2.05) is 20.8 Å². The number of aliphatic hydroxyl groups excluding tert-OH is 1. The summed E-state index contributed by atoms with van der Waals surface area (Å²) in [6.07, 6.45) is 4.93. The number of rotatable bonds is 6. The summed E-state index contributed by atoms with van der Waals surface area (Å²) in [5.74, 6) is -0.882. The van der Waals surface area contributed by atoms with Crippen LogP contribution >= 0.6 is 0 Å². The highest BCUT2D eigenvalue weighted by Crippen LogP contribution is 2.65. The van der Waals surface area contributed by atoms with E-state index in [0.29, 0.717) is 12.8 Å². The molecule has 1 aromatic carbocycles. The molecular formula is C29H40O7S. The number of benzene rings is 1. The van der Waals surface area contributed by atoms with E-state index >= 15 is 0 Å². The molecule has 0 saturated heterocycles. The molecule has 0 radical (unpaired) electrons. The Kier molecular flexibility index (Phi) is 7.51. The van der Waals surface area contributed by atoms with Crippen molar-refractivity contribution in [3.8, 4) is 0 Å². The van der Waals surface area contributed by atoms with Crippen LogP contribution in [0.1, 0.15) is 71.3 Å². The first-order chi connectivity index (χ1) is 17.3. The number of hydrogen-bond acceptors (Lipinski definition) is 7. The number of hydrogen-bond donors (Lipinski definition) is 1. The van der Waals surface area contributed by atoms with Crippen LogP contribution in [0.25, 0.3) is 0 Å². The van der Waals surface area contributed by atoms with Crippen molar-refractivity contribution >= 4 is 21.9 Å². The van der Waals surface area contributed by atoms with Crippen molar-refractivity contribution < 1.29 is 32.0 Å². The van der Waals surface area contributed by atoms with Gasteiger partial charge in [-0.3, -0.25) is 8.98 Å². The highest BCUT2D eigenvalue weighted by atomic mass is 32.2. The van der Waals surface area contributed by atoms with E-state index in [9.17, 15) is 23.1 Å². The Hall–Kier alpha value is -2.03. The van der Waals surface area contributed by atoms with Crippen LogP contribution in [0.3, 0.4) is 0 Å². The van der Waals surface area contributed by atoms with Crippen LogP contribution in [0.4, 0.5) is 0 Å². The lowest BCUT2D eigenvalue weighted by atomic mass is 9.42. The Balaban J connectivity index is 1.64. The Morgan fingerprint density at radius 3 is 2.51 bits per heavy atom. The summed E-state index contributed by atoms with van der Waals surface area (Å²) in [6.45, 7) is 11.1. The number of esters is 1. The molecule has 0 heterocycles. The van der Waals surface area contributed by atoms with Gasteiger partial charge in [0.05, 0.1) is 11.0 Å². The molecule has 4 rings (SSSR count). The third kappa shape index (κ3) is 4.92. The number of Topliss-reactive ketones (excluding diaryl/α,β-unsaturated/α-hetero) is 1. The van der Waals surface area contributed by atoms with Crippen LogP contribution < -0.4 is 0 Å². The maximum absolute atomic E-state index is 13.5. The van der Waals surface area contributed by atoms with E-state index in [-0.39, 0.29) is 34.4 Å². The smallest absolute Gasteiger partial charge is 0.333 e. The molecule has 37 heavy (non-hydrogen) atoms. The summed E-state index contributed by atoms with van der Waals surface area (Å²) in [6, 6.07) is 6.17. The summed E-state index contributed by atoms with van der Waals surface area (Å²) in [4.78, 5) is 26.6. The lowest BCUT2D eigenvalue weighted by molar-refractivity contribution is -0.207. The lowest BCUT2D eigenvalue weighted by Gasteiger charge is -2.63. The fourth-order valence-corrected chi connectivity index (χ4v) is 8.16. The van der Waals surface area contributed by atoms with Crippen molar-refractivity contribution in [3.63, 3.8) is 0 Å². The highest BCUT2D eigenvalue weighted by Gasteiger charge is 2.64. The number of ether oxygens (including phenoxy) is 1. The van der Waals surface area contributed by atoms with Gasteiger partial charge < -0.3 is 9.84 Å². The number of aliphatic hydroxyl groups is 1. The Bertz CT molecular complexity index is 1160. The quantitative estimate of drug-likeness (QED) is 0.320. The summed E-state index contributed by atoms with van der Waals surface area (Å²) in [5, 5.41) is 11.4. The van der Waals surface area contributed by atoms with Gasteiger partial charge >= 0.3 is 5.97 Å². The first-order valence-electron chi connectivity index (χ1n) is 13.3. The number of aryl methyl sites for hydroxylation is 1. The van der Waals surface area contributed by atoms with Crippen molar-refractivity contribution in [1.82, 2.24) is 0 Å². The largest absolute Gasteiger partial charge is 0.460 e. The van der Waals surface area contributed by atoms with Crippen LogP contribution in [0.5, 0.6) is 0 Å². The van der Waals surface area contributed by atoms with Gasteiger partial charge in [-0.05, 0) is 68.9 Å². The second-order valence-electron chi connectivity index (χ2n) is 12.1. The second kappa shape index (κ2) is 9.93. The monoisotopic (exact) mass is 532 g/mol. The molecule has 1 unspecified atom stereocenters. The molecule has 2 bridgehead atoms. The third-order valence-corrected chi connectivity index (χ3v) is 11.1. The molecule has 3 fully saturated rings. The molecule has 3 aliphatic rings. The standard InChI is InChI=1S/C29H40O7S/c1-6-27(4)17-24(36-25(32)18-35-37(33,34)21-11-9-19(2)10-12-21)28(5)20(3)13-15-29(16-23(27)31)14-7-8-22(30)26(28)29/h6,9-12,20,23-24,26,31H,1,7-8,13-18H2,2-5H3/t20?,23-,24+,26-,27+,28-,29+/m0/s1. The summed E-state index contributed by atoms with van der Waals surface area (Å²) in [5.41, 5.74) is -0.850. The molecule has 7 atom stereocenters. The Morgan fingerprint density at radius 1 is 1.19 bits per heavy atom. The van der Waals surface area contributed by atoms with Gasteiger partial charge in [0.15, 0.2) is 6.61 Å². The van der Waals surface area contributed by atoms with Gasteiger partial charge in [-0.25, -0.2) is 4.79 Å². The van der Waals surface area contributed by atoms with Gasteiger partial charge in [0, 0.05) is 23.2 Å². The summed E-state index contributed by atoms with van der Waals surface area (Å²) < 4.78 is 36.4. The second-order valence-corrected chi connectivity index (χ2v) is 13.7. The lowest BCUT2D eigenvalue weighted by Crippen LogP contribution is -2.63. The van der Waals surface area contributed by atoms with Crippen LogP contribution in [0.15, 0.2) is 41.8 Å². The fraction of sp³-hybridized carbons (Fsp3) is 0.655. The number of ketones is 1. The first-order valence-corrected chi connectivity index (χ1v) is 14.7. The molecule has 0 aromatic heterocycles. The molecule has 0 aliphatic heterocycles. The van der Waals surface area contributed by atoms with Gasteiger partial charge in [0.25, 0.3) is 10.1 Å². The zero-order chi connectivity index (χ0) is 27.2. The van der Waals surface area contributed by atoms with Crippen LogP contribution in [-0.4, -0.2) is 44.1 Å². The van der Waals surface area contributed by atoms with E-state index in [4.69, 9.17) is 8.92 Å². The van der Waals surface area contributed by atoms with Crippen molar-refractivity contribution in [1.29, 1.82) is 0 Å². The van der Waals surface area contributed by atoms with Crippen molar-refractivity contribution in [2.24, 2.45) is 28.1 Å². The maximum atomic E-state index is 13.5. The average Bonchev–Trinajstić information content (AvgIpc) is 2.84. The predicted octanol–water partition coefficient (Wildman–Crippen LogP) is 4.75.